The molecule has 2 aliphatic heterocycles. The highest BCUT2D eigenvalue weighted by Gasteiger charge is 2.11. The van der Waals surface area contributed by atoms with Gasteiger partial charge in [-0.05, 0) is 19.5 Å². The minimum absolute atomic E-state index is 1.09. The molecule has 2 bridgehead atoms. The molecule has 0 aromatic carbocycles. The fourth-order valence-corrected chi connectivity index (χ4v) is 2.64. The van der Waals surface area contributed by atoms with Gasteiger partial charge in [-0.1, -0.05) is 0 Å². The van der Waals surface area contributed by atoms with Crippen molar-refractivity contribution in [1.29, 1.82) is 0 Å². The molecule has 2 heterocycles. The second-order valence-corrected chi connectivity index (χ2v) is 5.29. The summed E-state index contributed by atoms with van der Waals surface area (Å²) in [7, 11) is 0. The summed E-state index contributed by atoms with van der Waals surface area (Å²) >= 11 is 0. The molecule has 0 radical (unpaired) electrons. The van der Waals surface area contributed by atoms with E-state index in [2.05, 4.69) is 25.8 Å². The minimum Gasteiger partial charge on any atom is -0.315 e. The highest BCUT2D eigenvalue weighted by Crippen LogP contribution is 1.96. The molecule has 5 nitrogen and oxygen atoms in total. The highest BCUT2D eigenvalue weighted by molar-refractivity contribution is 4.70. The van der Waals surface area contributed by atoms with Crippen molar-refractivity contribution >= 4 is 0 Å². The van der Waals surface area contributed by atoms with Gasteiger partial charge in [-0.25, -0.2) is 0 Å². The smallest absolute Gasteiger partial charge is 0.0110 e. The summed E-state index contributed by atoms with van der Waals surface area (Å²) in [5, 5.41) is 10.6. The molecule has 0 aromatic heterocycles. The summed E-state index contributed by atoms with van der Waals surface area (Å²) in [6.45, 7) is 13.9. The molecule has 2 aliphatic rings. The second-order valence-electron chi connectivity index (χ2n) is 5.29. The Morgan fingerprint density at radius 2 is 0.944 bits per heavy atom. The van der Waals surface area contributed by atoms with Crippen LogP contribution in [0.5, 0.6) is 0 Å². The minimum atomic E-state index is 1.09. The van der Waals surface area contributed by atoms with Crippen molar-refractivity contribution in [2.75, 3.05) is 78.5 Å². The van der Waals surface area contributed by atoms with Crippen molar-refractivity contribution in [3.8, 4) is 0 Å². The number of nitrogens with zero attached hydrogens (tertiary/aromatic N) is 2. The van der Waals surface area contributed by atoms with Crippen LogP contribution in [0.2, 0.25) is 0 Å². The van der Waals surface area contributed by atoms with Gasteiger partial charge in [0.25, 0.3) is 0 Å². The van der Waals surface area contributed by atoms with E-state index < -0.39 is 0 Å². The molecule has 5 heteroatoms. The van der Waals surface area contributed by atoms with Gasteiger partial charge in [-0.15, -0.1) is 0 Å². The van der Waals surface area contributed by atoms with E-state index in [4.69, 9.17) is 0 Å². The van der Waals surface area contributed by atoms with Crippen LogP contribution in [0, 0.1) is 0 Å². The lowest BCUT2D eigenvalue weighted by Gasteiger charge is -2.30. The third-order valence-corrected chi connectivity index (χ3v) is 3.85. The maximum atomic E-state index is 3.55. The van der Waals surface area contributed by atoms with Gasteiger partial charge >= 0.3 is 0 Å². The van der Waals surface area contributed by atoms with E-state index in [0.717, 1.165) is 39.3 Å². The molecule has 2 unspecified atom stereocenters. The molecule has 0 aliphatic carbocycles. The van der Waals surface area contributed by atoms with Crippen LogP contribution in [-0.4, -0.2) is 88.3 Å². The van der Waals surface area contributed by atoms with Crippen LogP contribution in [0.3, 0.4) is 0 Å². The molecular formula is C13H29N5. The fraction of sp³-hybridized carbons (Fsp3) is 1.00. The molecular weight excluding hydrogens is 226 g/mol. The van der Waals surface area contributed by atoms with Crippen LogP contribution in [0.1, 0.15) is 6.42 Å². The molecule has 106 valence electrons. The summed E-state index contributed by atoms with van der Waals surface area (Å²) in [5.74, 6) is 0. The predicted octanol–water partition coefficient (Wildman–Crippen LogP) is -1.22. The lowest BCUT2D eigenvalue weighted by atomic mass is 10.3. The Morgan fingerprint density at radius 3 is 1.56 bits per heavy atom. The van der Waals surface area contributed by atoms with E-state index >= 15 is 0 Å². The molecule has 2 atom stereocenters. The van der Waals surface area contributed by atoms with E-state index in [1.165, 1.54) is 45.7 Å². The van der Waals surface area contributed by atoms with Crippen molar-refractivity contribution in [2.45, 2.75) is 6.42 Å². The summed E-state index contributed by atoms with van der Waals surface area (Å²) in [6.07, 6.45) is 1.28. The first-order valence-corrected chi connectivity index (χ1v) is 7.52. The lowest BCUT2D eigenvalue weighted by molar-refractivity contribution is 0.191. The van der Waals surface area contributed by atoms with Gasteiger partial charge in [-0.3, -0.25) is 4.90 Å². The lowest BCUT2D eigenvalue weighted by Crippen LogP contribution is -2.46. The number of nitrogens with one attached hydrogen (secondary N) is 3. The van der Waals surface area contributed by atoms with Gasteiger partial charge in [-0.2, -0.15) is 0 Å². The fourth-order valence-electron chi connectivity index (χ4n) is 2.64. The maximum absolute atomic E-state index is 3.55. The quantitative estimate of drug-likeness (QED) is 0.506. The Hall–Kier alpha value is -0.200. The molecule has 2 saturated heterocycles. The standard InChI is InChI=1S/C13H29N5/c1-2-14-5-10-18-11-7-16-4-3-15-6-9-17(8-1)12-13-18/h14-16H,1-13H2. The van der Waals surface area contributed by atoms with Crippen molar-refractivity contribution in [3.05, 3.63) is 0 Å². The predicted molar refractivity (Wildman–Crippen MR) is 76.1 cm³/mol. The Morgan fingerprint density at radius 1 is 0.444 bits per heavy atom. The summed E-state index contributed by atoms with van der Waals surface area (Å²) < 4.78 is 0. The van der Waals surface area contributed by atoms with Gasteiger partial charge in [0.15, 0.2) is 0 Å². The molecule has 0 aromatic rings. The summed E-state index contributed by atoms with van der Waals surface area (Å²) in [5.41, 5.74) is 0. The Kier molecular flexibility index (Phi) is 6.97. The average molecular weight is 255 g/mol. The third kappa shape index (κ3) is 5.63. The first-order chi connectivity index (χ1) is 8.95. The number of rotatable bonds is 0. The van der Waals surface area contributed by atoms with Gasteiger partial charge < -0.3 is 20.9 Å². The van der Waals surface area contributed by atoms with E-state index in [0.29, 0.717) is 0 Å². The van der Waals surface area contributed by atoms with Crippen molar-refractivity contribution in [3.63, 3.8) is 0 Å². The topological polar surface area (TPSA) is 42.6 Å². The average Bonchev–Trinajstić information content (AvgIpc) is 2.38. The Balaban J connectivity index is 1.86. The van der Waals surface area contributed by atoms with Crippen molar-refractivity contribution < 1.29 is 0 Å². The number of fused-ring (bicyclic) bond motifs is 3. The van der Waals surface area contributed by atoms with E-state index in [1.54, 1.807) is 0 Å². The van der Waals surface area contributed by atoms with Gasteiger partial charge in [0.2, 0.25) is 0 Å². The van der Waals surface area contributed by atoms with Gasteiger partial charge in [0.1, 0.15) is 0 Å². The zero-order valence-electron chi connectivity index (χ0n) is 11.6. The Labute approximate surface area is 111 Å². The summed E-state index contributed by atoms with van der Waals surface area (Å²) in [4.78, 5) is 5.20. The van der Waals surface area contributed by atoms with E-state index in [1.807, 2.05) is 0 Å². The molecule has 0 saturated carbocycles. The highest BCUT2D eigenvalue weighted by atomic mass is 15.2. The SMILES string of the molecule is C1CNCCN2CCNCCNCCN(C1)CC2. The molecule has 2 fully saturated rings. The van der Waals surface area contributed by atoms with Crippen LogP contribution in [0.25, 0.3) is 0 Å². The largest absolute Gasteiger partial charge is 0.315 e. The summed E-state index contributed by atoms with van der Waals surface area (Å²) in [6, 6.07) is 0. The number of hydrogen-bond donors (Lipinski definition) is 3. The van der Waals surface area contributed by atoms with Gasteiger partial charge in [0, 0.05) is 65.4 Å². The monoisotopic (exact) mass is 255 g/mol. The first-order valence-electron chi connectivity index (χ1n) is 7.52. The van der Waals surface area contributed by atoms with E-state index in [-0.39, 0.29) is 0 Å². The van der Waals surface area contributed by atoms with Crippen LogP contribution in [0.4, 0.5) is 0 Å². The normalized spacial score (nSPS) is 33.3. The van der Waals surface area contributed by atoms with Gasteiger partial charge in [0.05, 0.1) is 0 Å². The molecule has 18 heavy (non-hydrogen) atoms. The molecule has 0 amide bonds. The Bertz CT molecular complexity index is 190. The number of hydrogen-bond acceptors (Lipinski definition) is 5. The molecule has 2 rings (SSSR count). The van der Waals surface area contributed by atoms with Crippen molar-refractivity contribution in [2.24, 2.45) is 0 Å². The van der Waals surface area contributed by atoms with Crippen LogP contribution in [0.15, 0.2) is 0 Å². The maximum Gasteiger partial charge on any atom is 0.0110 e. The second kappa shape index (κ2) is 8.82. The third-order valence-electron chi connectivity index (χ3n) is 3.85. The first kappa shape index (κ1) is 14.2. The zero-order chi connectivity index (χ0) is 12.5. The molecule has 3 N–H and O–H groups in total. The van der Waals surface area contributed by atoms with E-state index in [9.17, 15) is 0 Å². The van der Waals surface area contributed by atoms with Crippen LogP contribution in [-0.2, 0) is 0 Å². The van der Waals surface area contributed by atoms with Crippen LogP contribution < -0.4 is 16.0 Å². The van der Waals surface area contributed by atoms with Crippen molar-refractivity contribution in [1.82, 2.24) is 25.8 Å². The van der Waals surface area contributed by atoms with Crippen LogP contribution >= 0.6 is 0 Å². The zero-order valence-corrected chi connectivity index (χ0v) is 11.6. The molecule has 0 spiro atoms.